The number of unbranched alkanes of at least 4 members (excludes halogenated alkanes) is 7. The number of rotatable bonds is 13. The van der Waals surface area contributed by atoms with Gasteiger partial charge in [0.15, 0.2) is 0 Å². The van der Waals surface area contributed by atoms with Gasteiger partial charge in [0.1, 0.15) is 0 Å². The fourth-order valence-electron chi connectivity index (χ4n) is 1.84. The standard InChI is InChI=1S/C16H28O4/c1-3-4-5-6-7-8-9-10-11-14-20-16(18)13-12-15(17)19-2/h3H,1,4-14H2,2H3. The summed E-state index contributed by atoms with van der Waals surface area (Å²) in [6.45, 7) is 4.16. The summed E-state index contributed by atoms with van der Waals surface area (Å²) in [5, 5.41) is 0. The second-order valence-corrected chi connectivity index (χ2v) is 4.85. The van der Waals surface area contributed by atoms with Crippen LogP contribution in [-0.2, 0) is 19.1 Å². The number of allylic oxidation sites excluding steroid dienone is 1. The topological polar surface area (TPSA) is 52.6 Å². The van der Waals surface area contributed by atoms with Crippen LogP contribution in [0.15, 0.2) is 12.7 Å². The summed E-state index contributed by atoms with van der Waals surface area (Å²) in [6.07, 6.45) is 11.5. The van der Waals surface area contributed by atoms with E-state index < -0.39 is 0 Å². The van der Waals surface area contributed by atoms with Gasteiger partial charge in [0, 0.05) is 0 Å². The minimum absolute atomic E-state index is 0.0973. The van der Waals surface area contributed by atoms with E-state index in [1.165, 1.54) is 39.2 Å². The minimum atomic E-state index is -0.376. The Hall–Kier alpha value is -1.32. The van der Waals surface area contributed by atoms with Gasteiger partial charge in [0.05, 0.1) is 26.6 Å². The zero-order valence-corrected chi connectivity index (χ0v) is 12.7. The van der Waals surface area contributed by atoms with Gasteiger partial charge in [-0.2, -0.15) is 0 Å². The molecule has 0 unspecified atom stereocenters. The number of methoxy groups -OCH3 is 1. The number of carbonyl (C=O) groups excluding carboxylic acids is 2. The van der Waals surface area contributed by atoms with Gasteiger partial charge < -0.3 is 9.47 Å². The Balaban J connectivity index is 3.21. The Labute approximate surface area is 122 Å². The zero-order chi connectivity index (χ0) is 15.1. The monoisotopic (exact) mass is 284 g/mol. The molecule has 4 nitrogen and oxygen atoms in total. The van der Waals surface area contributed by atoms with Crippen LogP contribution in [0.3, 0.4) is 0 Å². The van der Waals surface area contributed by atoms with Gasteiger partial charge >= 0.3 is 11.9 Å². The first-order chi connectivity index (χ1) is 9.70. The van der Waals surface area contributed by atoms with Crippen molar-refractivity contribution >= 4 is 11.9 Å². The summed E-state index contributed by atoms with van der Waals surface area (Å²) in [4.78, 5) is 22.1. The van der Waals surface area contributed by atoms with Crippen LogP contribution in [0, 0.1) is 0 Å². The van der Waals surface area contributed by atoms with Crippen LogP contribution >= 0.6 is 0 Å². The summed E-state index contributed by atoms with van der Waals surface area (Å²) < 4.78 is 9.49. The third-order valence-corrected chi connectivity index (χ3v) is 3.08. The van der Waals surface area contributed by atoms with Crippen LogP contribution in [0.1, 0.15) is 64.2 Å². The lowest BCUT2D eigenvalue weighted by Crippen LogP contribution is -2.09. The van der Waals surface area contributed by atoms with Crippen LogP contribution in [0.5, 0.6) is 0 Å². The molecule has 0 aromatic rings. The van der Waals surface area contributed by atoms with Crippen LogP contribution < -0.4 is 0 Å². The van der Waals surface area contributed by atoms with Crippen molar-refractivity contribution in [2.45, 2.75) is 64.2 Å². The minimum Gasteiger partial charge on any atom is -0.469 e. The van der Waals surface area contributed by atoms with Gasteiger partial charge in [-0.1, -0.05) is 38.2 Å². The SMILES string of the molecule is C=CCCCCCCCCCOC(=O)CCC(=O)OC. The highest BCUT2D eigenvalue weighted by molar-refractivity contribution is 5.77. The zero-order valence-electron chi connectivity index (χ0n) is 12.7. The van der Waals surface area contributed by atoms with Gasteiger partial charge in [0.25, 0.3) is 0 Å². The third-order valence-electron chi connectivity index (χ3n) is 3.08. The first kappa shape index (κ1) is 18.7. The average Bonchev–Trinajstić information content (AvgIpc) is 2.46. The highest BCUT2D eigenvalue weighted by atomic mass is 16.5. The van der Waals surface area contributed by atoms with Crippen molar-refractivity contribution in [1.29, 1.82) is 0 Å². The quantitative estimate of drug-likeness (QED) is 0.293. The van der Waals surface area contributed by atoms with Gasteiger partial charge in [-0.3, -0.25) is 9.59 Å². The summed E-state index contributed by atoms with van der Waals surface area (Å²) in [5.74, 6) is -0.696. The van der Waals surface area contributed by atoms with Gasteiger partial charge in [-0.15, -0.1) is 6.58 Å². The van der Waals surface area contributed by atoms with Crippen molar-refractivity contribution in [1.82, 2.24) is 0 Å². The average molecular weight is 284 g/mol. The van der Waals surface area contributed by atoms with E-state index in [-0.39, 0.29) is 24.8 Å². The summed E-state index contributed by atoms with van der Waals surface area (Å²) in [7, 11) is 1.31. The van der Waals surface area contributed by atoms with Crippen molar-refractivity contribution < 1.29 is 19.1 Å². The Morgan fingerprint density at radius 1 is 0.900 bits per heavy atom. The van der Waals surface area contributed by atoms with Crippen molar-refractivity contribution in [2.75, 3.05) is 13.7 Å². The third kappa shape index (κ3) is 13.1. The molecule has 116 valence electrons. The molecule has 0 spiro atoms. The molecular formula is C16H28O4. The lowest BCUT2D eigenvalue weighted by atomic mass is 10.1. The number of carbonyl (C=O) groups is 2. The molecular weight excluding hydrogens is 256 g/mol. The Morgan fingerprint density at radius 3 is 2.05 bits per heavy atom. The van der Waals surface area contributed by atoms with E-state index in [1.54, 1.807) is 0 Å². The van der Waals surface area contributed by atoms with E-state index in [2.05, 4.69) is 11.3 Å². The second kappa shape index (κ2) is 14.1. The van der Waals surface area contributed by atoms with E-state index in [4.69, 9.17) is 4.74 Å². The number of hydrogen-bond donors (Lipinski definition) is 0. The molecule has 0 atom stereocenters. The van der Waals surface area contributed by atoms with Crippen molar-refractivity contribution in [2.24, 2.45) is 0 Å². The Kier molecular flexibility index (Phi) is 13.2. The van der Waals surface area contributed by atoms with Gasteiger partial charge in [-0.25, -0.2) is 0 Å². The molecule has 0 bridgehead atoms. The molecule has 0 aromatic carbocycles. The molecule has 0 aliphatic rings. The summed E-state index contributed by atoms with van der Waals surface area (Å²) in [5.41, 5.74) is 0. The molecule has 0 aromatic heterocycles. The maximum absolute atomic E-state index is 11.3. The molecule has 0 fully saturated rings. The highest BCUT2D eigenvalue weighted by Crippen LogP contribution is 2.09. The second-order valence-electron chi connectivity index (χ2n) is 4.85. The van der Waals surface area contributed by atoms with Crippen molar-refractivity contribution in [3.05, 3.63) is 12.7 Å². The highest BCUT2D eigenvalue weighted by Gasteiger charge is 2.07. The van der Waals surface area contributed by atoms with Gasteiger partial charge in [-0.05, 0) is 19.3 Å². The molecule has 0 amide bonds. The molecule has 0 saturated carbocycles. The van der Waals surface area contributed by atoms with Crippen molar-refractivity contribution in [3.63, 3.8) is 0 Å². The number of ether oxygens (including phenoxy) is 2. The van der Waals surface area contributed by atoms with Crippen LogP contribution in [0.2, 0.25) is 0 Å². The number of esters is 2. The molecule has 0 aliphatic heterocycles. The molecule has 0 heterocycles. The lowest BCUT2D eigenvalue weighted by molar-refractivity contribution is -0.149. The Bertz CT molecular complexity index is 274. The van der Waals surface area contributed by atoms with Crippen LogP contribution in [0.4, 0.5) is 0 Å². The fraction of sp³-hybridized carbons (Fsp3) is 0.750. The van der Waals surface area contributed by atoms with E-state index in [9.17, 15) is 9.59 Å². The molecule has 0 N–H and O–H groups in total. The maximum atomic E-state index is 11.3. The smallest absolute Gasteiger partial charge is 0.306 e. The molecule has 0 aliphatic carbocycles. The van der Waals surface area contributed by atoms with E-state index in [0.717, 1.165) is 19.3 Å². The molecule has 0 rings (SSSR count). The van der Waals surface area contributed by atoms with Crippen LogP contribution in [-0.4, -0.2) is 25.7 Å². The summed E-state index contributed by atoms with van der Waals surface area (Å²) >= 11 is 0. The Morgan fingerprint density at radius 2 is 1.45 bits per heavy atom. The molecule has 0 radical (unpaired) electrons. The van der Waals surface area contributed by atoms with E-state index >= 15 is 0 Å². The number of hydrogen-bond acceptors (Lipinski definition) is 4. The van der Waals surface area contributed by atoms with E-state index in [0.29, 0.717) is 6.61 Å². The molecule has 0 saturated heterocycles. The van der Waals surface area contributed by atoms with E-state index in [1.807, 2.05) is 6.08 Å². The van der Waals surface area contributed by atoms with Crippen molar-refractivity contribution in [3.8, 4) is 0 Å². The maximum Gasteiger partial charge on any atom is 0.306 e. The fourth-order valence-corrected chi connectivity index (χ4v) is 1.84. The first-order valence-corrected chi connectivity index (χ1v) is 7.54. The predicted octanol–water partition coefficient (Wildman–Crippen LogP) is 3.79. The normalized spacial score (nSPS) is 10.1. The summed E-state index contributed by atoms with van der Waals surface area (Å²) in [6, 6.07) is 0. The molecule has 20 heavy (non-hydrogen) atoms. The largest absolute Gasteiger partial charge is 0.469 e. The molecule has 4 heteroatoms. The lowest BCUT2D eigenvalue weighted by Gasteiger charge is -2.04. The van der Waals surface area contributed by atoms with Gasteiger partial charge in [0.2, 0.25) is 0 Å². The predicted molar refractivity (Wildman–Crippen MR) is 79.3 cm³/mol. The first-order valence-electron chi connectivity index (χ1n) is 7.54. The van der Waals surface area contributed by atoms with Crippen LogP contribution in [0.25, 0.3) is 0 Å².